The van der Waals surface area contributed by atoms with Crippen LogP contribution in [0.25, 0.3) is 203 Å². The lowest BCUT2D eigenvalue weighted by Crippen LogP contribution is -2.09. The molecular formula is C98H58F3N15. The fourth-order valence-corrected chi connectivity index (χ4v) is 15.1. The van der Waals surface area contributed by atoms with Crippen molar-refractivity contribution in [3.63, 3.8) is 0 Å². The predicted octanol–water partition coefficient (Wildman–Crippen LogP) is 23.2. The minimum absolute atomic E-state index is 0.0778. The second-order valence-corrected chi connectivity index (χ2v) is 27.8. The van der Waals surface area contributed by atoms with Crippen molar-refractivity contribution in [2.24, 2.45) is 0 Å². The number of alkyl halides is 3. The average Bonchev–Trinajstić information content (AvgIpc) is 1.55. The maximum atomic E-state index is 16.2. The van der Waals surface area contributed by atoms with Gasteiger partial charge in [-0.2, -0.15) is 18.4 Å². The molecule has 18 heteroatoms. The number of fused-ring (bicyclic) bond motifs is 6. The minimum atomic E-state index is -4.86. The van der Waals surface area contributed by atoms with Gasteiger partial charge in [0.1, 0.15) is 11.6 Å². The van der Waals surface area contributed by atoms with Crippen molar-refractivity contribution < 1.29 is 13.2 Å². The van der Waals surface area contributed by atoms with E-state index in [1.165, 1.54) is 12.1 Å². The Labute approximate surface area is 661 Å². The first kappa shape index (κ1) is 69.2. The van der Waals surface area contributed by atoms with Crippen molar-refractivity contribution >= 4 is 43.6 Å². The third-order valence-electron chi connectivity index (χ3n) is 20.6. The van der Waals surface area contributed by atoms with Crippen molar-refractivity contribution in [2.45, 2.75) is 6.18 Å². The van der Waals surface area contributed by atoms with E-state index >= 15 is 13.2 Å². The number of hydrogen-bond donors (Lipinski definition) is 0. The van der Waals surface area contributed by atoms with Gasteiger partial charge in [-0.05, 0) is 53.6 Å². The molecule has 0 bridgehead atoms. The van der Waals surface area contributed by atoms with E-state index in [0.29, 0.717) is 114 Å². The zero-order valence-corrected chi connectivity index (χ0v) is 61.3. The van der Waals surface area contributed by atoms with Crippen LogP contribution in [0.1, 0.15) is 11.1 Å². The monoisotopic (exact) mass is 1500 g/mol. The Morgan fingerprint density at radius 1 is 0.216 bits per heavy atom. The lowest BCUT2D eigenvalue weighted by atomic mass is 9.96. The highest BCUT2D eigenvalue weighted by molar-refractivity contribution is 6.13. The molecule has 0 atom stereocenters. The second-order valence-electron chi connectivity index (χ2n) is 27.8. The molecule has 0 aliphatic heterocycles. The van der Waals surface area contributed by atoms with E-state index < -0.39 is 11.7 Å². The Balaban J connectivity index is 0.907. The van der Waals surface area contributed by atoms with Crippen molar-refractivity contribution in [1.29, 1.82) is 5.26 Å². The predicted molar refractivity (Wildman–Crippen MR) is 449 cm³/mol. The Kier molecular flexibility index (Phi) is 17.3. The van der Waals surface area contributed by atoms with Crippen molar-refractivity contribution in [3.05, 3.63) is 363 Å². The number of rotatable bonds is 15. The molecule has 0 N–H and O–H groups in total. The molecule has 116 heavy (non-hydrogen) atoms. The van der Waals surface area contributed by atoms with Gasteiger partial charge in [0.2, 0.25) is 0 Å². The number of hydrogen-bond acceptors (Lipinski definition) is 13. The first-order valence-electron chi connectivity index (χ1n) is 37.5. The van der Waals surface area contributed by atoms with Gasteiger partial charge >= 0.3 is 6.18 Å². The molecule has 0 unspecified atom stereocenters. The van der Waals surface area contributed by atoms with Gasteiger partial charge < -0.3 is 9.13 Å². The van der Waals surface area contributed by atoms with E-state index in [9.17, 15) is 5.26 Å². The zero-order chi connectivity index (χ0) is 77.8. The molecule has 0 saturated heterocycles. The zero-order valence-electron chi connectivity index (χ0n) is 61.3. The summed E-state index contributed by atoms with van der Waals surface area (Å²) in [7, 11) is 0. The third kappa shape index (κ3) is 12.9. The second kappa shape index (κ2) is 29.0. The SMILES string of the molecule is N#Cc1c(-n2c3cc(-c4nc(-c5ccccc5)nc(-c5ccccc5)n4)ccc3c3ccc(-c4nc(-c5ccccc5)nc(-c5ccccc5)n4)cc32)cc(-c2ccccc2C(F)(F)F)cc1-n1c2cc(-c3nc(-c4ccccc4)nc(-c4ccccc4)n3)ccc2c2ccc(-c3nc(-c4ccccc4)nc(-c4ccccc4)n3)cc21. The summed E-state index contributed by atoms with van der Waals surface area (Å²) in [6.45, 7) is 0. The van der Waals surface area contributed by atoms with Crippen LogP contribution in [0.15, 0.2) is 352 Å². The highest BCUT2D eigenvalue weighted by Crippen LogP contribution is 2.46. The fourth-order valence-electron chi connectivity index (χ4n) is 15.1. The normalized spacial score (nSPS) is 11.6. The summed E-state index contributed by atoms with van der Waals surface area (Å²) in [6.07, 6.45) is -4.86. The molecule has 0 aliphatic rings. The molecule has 6 heterocycles. The van der Waals surface area contributed by atoms with Gasteiger partial charge in [-0.1, -0.05) is 309 Å². The maximum absolute atomic E-state index is 16.2. The summed E-state index contributed by atoms with van der Waals surface area (Å²) >= 11 is 0. The van der Waals surface area contributed by atoms with E-state index in [1.54, 1.807) is 18.2 Å². The molecule has 20 aromatic rings. The largest absolute Gasteiger partial charge is 0.417 e. The average molecular weight is 1500 g/mol. The number of aromatic nitrogens is 14. The van der Waals surface area contributed by atoms with Gasteiger partial charge in [0, 0.05) is 88.3 Å². The van der Waals surface area contributed by atoms with Gasteiger partial charge in [0.15, 0.2) is 69.9 Å². The molecule has 0 radical (unpaired) electrons. The van der Waals surface area contributed by atoms with Crippen LogP contribution in [0.3, 0.4) is 0 Å². The summed E-state index contributed by atoms with van der Waals surface area (Å²) in [5.41, 5.74) is 10.2. The molecule has 15 nitrogen and oxygen atoms in total. The lowest BCUT2D eigenvalue weighted by molar-refractivity contribution is -0.137. The Hall–Kier alpha value is -16.0. The van der Waals surface area contributed by atoms with E-state index in [4.69, 9.17) is 59.8 Å². The molecule has 0 aliphatic carbocycles. The van der Waals surface area contributed by atoms with Crippen LogP contribution in [0.5, 0.6) is 0 Å². The van der Waals surface area contributed by atoms with E-state index in [2.05, 4.69) is 6.07 Å². The molecule has 0 fully saturated rings. The van der Waals surface area contributed by atoms with Gasteiger partial charge in [-0.3, -0.25) is 0 Å². The smallest absolute Gasteiger partial charge is 0.308 e. The molecule has 20 rings (SSSR count). The van der Waals surface area contributed by atoms with Crippen LogP contribution in [0.2, 0.25) is 0 Å². The molecule has 14 aromatic carbocycles. The maximum Gasteiger partial charge on any atom is 0.417 e. The Morgan fingerprint density at radius 3 is 0.621 bits per heavy atom. The van der Waals surface area contributed by atoms with E-state index in [0.717, 1.165) is 72.1 Å². The Bertz CT molecular complexity index is 6240. The van der Waals surface area contributed by atoms with Crippen LogP contribution in [-0.2, 0) is 6.18 Å². The number of nitrogens with zero attached hydrogens (tertiary/aromatic N) is 15. The van der Waals surface area contributed by atoms with Gasteiger partial charge in [-0.15, -0.1) is 0 Å². The standard InChI is InChI=1S/C98H58F3N15/c99-98(100,101)79-44-26-25-43-73(79)72-57-84(115-80-53-68(94-107-86(60-27-9-1-10-28-60)103-87(108-94)61-29-11-2-12-30-61)45-49-74(80)75-50-46-69(54-81(75)115)95-109-88(62-31-13-3-14-32-62)104-89(110-95)63-33-15-4-16-34-63)78(59-102)85(58-72)116-82-55-70(96-111-90(64-35-17-5-18-36-64)105-91(112-96)65-37-19-6-20-38-65)47-51-76(82)77-52-48-71(56-83(77)116)97-113-92(66-39-21-7-22-40-66)106-93(114-97)67-41-23-8-24-42-67/h1-58H. The summed E-state index contributed by atoms with van der Waals surface area (Å²) in [4.78, 5) is 61.8. The molecule has 0 amide bonds. The van der Waals surface area contributed by atoms with Crippen LogP contribution in [0, 0.1) is 11.3 Å². The van der Waals surface area contributed by atoms with Crippen molar-refractivity contribution in [3.8, 4) is 165 Å². The molecule has 546 valence electrons. The summed E-state index contributed by atoms with van der Waals surface area (Å²) in [5.74, 6) is 4.79. The van der Waals surface area contributed by atoms with Crippen molar-refractivity contribution in [2.75, 3.05) is 0 Å². The number of nitriles is 1. The summed E-state index contributed by atoms with van der Waals surface area (Å²) < 4.78 is 52.7. The fraction of sp³-hybridized carbons (Fsp3) is 0.0102. The summed E-state index contributed by atoms with van der Waals surface area (Å²) in [5, 5.41) is 15.7. The van der Waals surface area contributed by atoms with Gasteiger partial charge in [0.25, 0.3) is 0 Å². The van der Waals surface area contributed by atoms with Crippen LogP contribution in [-0.4, -0.2) is 68.9 Å². The molecule has 6 aromatic heterocycles. The lowest BCUT2D eigenvalue weighted by Gasteiger charge is -2.20. The van der Waals surface area contributed by atoms with E-state index in [-0.39, 0.29) is 28.1 Å². The van der Waals surface area contributed by atoms with Crippen LogP contribution >= 0.6 is 0 Å². The molecule has 0 spiro atoms. The minimum Gasteiger partial charge on any atom is -0.308 e. The highest BCUT2D eigenvalue weighted by atomic mass is 19.4. The number of halogens is 3. The molecule has 0 saturated carbocycles. The first-order chi connectivity index (χ1) is 57.0. The highest BCUT2D eigenvalue weighted by Gasteiger charge is 2.35. The topological polar surface area (TPSA) is 188 Å². The van der Waals surface area contributed by atoms with Crippen molar-refractivity contribution in [1.82, 2.24) is 68.9 Å². The first-order valence-corrected chi connectivity index (χ1v) is 37.5. The van der Waals surface area contributed by atoms with E-state index in [1.807, 2.05) is 325 Å². The summed E-state index contributed by atoms with van der Waals surface area (Å²) in [6, 6.07) is 113. The van der Waals surface area contributed by atoms with Gasteiger partial charge in [0.05, 0.1) is 39.0 Å². The Morgan fingerprint density at radius 2 is 0.414 bits per heavy atom. The van der Waals surface area contributed by atoms with Crippen LogP contribution in [0.4, 0.5) is 13.2 Å². The van der Waals surface area contributed by atoms with Crippen LogP contribution < -0.4 is 0 Å². The van der Waals surface area contributed by atoms with Gasteiger partial charge in [-0.25, -0.2) is 59.8 Å². The quantitative estimate of drug-likeness (QED) is 0.0944. The third-order valence-corrected chi connectivity index (χ3v) is 20.6. The number of benzene rings is 14. The molecular weight excluding hydrogens is 1440 g/mol.